The minimum absolute atomic E-state index is 0.00520. The number of carbonyl (C=O) groups is 1. The van der Waals surface area contributed by atoms with Gasteiger partial charge in [-0.3, -0.25) is 20.6 Å². The summed E-state index contributed by atoms with van der Waals surface area (Å²) in [4.78, 5) is 31.2. The zero-order valence-electron chi connectivity index (χ0n) is 30.1. The van der Waals surface area contributed by atoms with Crippen LogP contribution in [0, 0.1) is 23.5 Å². The summed E-state index contributed by atoms with van der Waals surface area (Å²) in [5.41, 5.74) is 9.85. The largest absolute Gasteiger partial charge is 0.471 e. The normalized spacial score (nSPS) is 20.8. The van der Waals surface area contributed by atoms with Gasteiger partial charge < -0.3 is 19.2 Å². The highest BCUT2D eigenvalue weighted by atomic mass is 35.5. The van der Waals surface area contributed by atoms with Gasteiger partial charge in [0.1, 0.15) is 30.2 Å². The number of aryl methyl sites for hydroxylation is 1. The van der Waals surface area contributed by atoms with Crippen molar-refractivity contribution in [2.45, 2.75) is 71.1 Å². The zero-order chi connectivity index (χ0) is 38.2. The van der Waals surface area contributed by atoms with E-state index in [1.54, 1.807) is 55.0 Å². The molecular weight excluding hydrogens is 731 g/mol. The number of hydrazine groups is 1. The Morgan fingerprint density at radius 3 is 2.65 bits per heavy atom. The summed E-state index contributed by atoms with van der Waals surface area (Å²) in [6, 6.07) is 16.0. The Balaban J connectivity index is 1.05. The van der Waals surface area contributed by atoms with Gasteiger partial charge in [-0.25, -0.2) is 28.1 Å². The number of benzene rings is 2. The number of anilines is 1. The fraction of sp³-hybridized carbons (Fsp3) is 0.325. The molecular formula is C40H39ClF3N9O2. The molecule has 0 bridgehead atoms. The van der Waals surface area contributed by atoms with Crippen LogP contribution in [0.4, 0.5) is 18.9 Å². The molecule has 11 nitrogen and oxygen atoms in total. The predicted molar refractivity (Wildman–Crippen MR) is 202 cm³/mol. The molecule has 15 heteroatoms. The first-order valence-electron chi connectivity index (χ1n) is 18.3. The van der Waals surface area contributed by atoms with Gasteiger partial charge in [-0.05, 0) is 81.1 Å². The lowest BCUT2D eigenvalue weighted by molar-refractivity contribution is -0.122. The van der Waals surface area contributed by atoms with Gasteiger partial charge in [-0.2, -0.15) is 0 Å². The fourth-order valence-electron chi connectivity index (χ4n) is 7.63. The zero-order valence-corrected chi connectivity index (χ0v) is 30.9. The summed E-state index contributed by atoms with van der Waals surface area (Å²) in [5, 5.41) is 3.48. The Bertz CT molecular complexity index is 2330. The van der Waals surface area contributed by atoms with E-state index < -0.39 is 23.7 Å². The maximum Gasteiger partial charge on any atom is 0.227 e. The Labute approximate surface area is 320 Å². The Morgan fingerprint density at radius 1 is 1.04 bits per heavy atom. The maximum atomic E-state index is 15.9. The minimum atomic E-state index is -1.14. The molecule has 1 saturated heterocycles. The van der Waals surface area contributed by atoms with Gasteiger partial charge in [0.05, 0.1) is 52.1 Å². The highest BCUT2D eigenvalue weighted by molar-refractivity contribution is 6.30. The van der Waals surface area contributed by atoms with E-state index in [1.165, 1.54) is 18.3 Å². The first-order valence-corrected chi connectivity index (χ1v) is 18.6. The Kier molecular flexibility index (Phi) is 10.3. The van der Waals surface area contributed by atoms with Crippen molar-refractivity contribution in [2.75, 3.05) is 5.32 Å². The van der Waals surface area contributed by atoms with Crippen molar-refractivity contribution in [1.29, 1.82) is 0 Å². The lowest BCUT2D eigenvalue weighted by Crippen LogP contribution is -2.46. The summed E-state index contributed by atoms with van der Waals surface area (Å²) in [6.07, 6.45) is 4.41. The number of amides is 1. The SMILES string of the molecule is CCn1cncc1Cn1c(Cc2c(F)cc(-c3cccc(OCc4ccc(Cl)cn4)n3)cc2F)nc2cc(NC(=O)C3CC(F)C4NNC(C)C4C3)ccc21. The lowest BCUT2D eigenvalue weighted by Gasteiger charge is -2.34. The van der Waals surface area contributed by atoms with Gasteiger partial charge in [0, 0.05) is 60.2 Å². The van der Waals surface area contributed by atoms with E-state index in [4.69, 9.17) is 21.3 Å². The molecule has 1 saturated carbocycles. The standard InChI is InChI=1S/C40H39ClF3N9O2/c1-3-52-21-45-18-28(52)19-53-36-10-9-26(47-40(54)24-11-29-22(2)50-51-39(29)33(44)14-24)15-35(36)48-37(53)16-30-31(42)12-23(13-32(30)43)34-5-4-6-38(49-34)55-20-27-8-7-25(41)17-46-27/h4-10,12-13,15,17-18,21-22,24,29,33,39,50-51H,3,11,14,16,19-20H2,1-2H3,(H,47,54). The second-order valence-corrected chi connectivity index (χ2v) is 14.6. The molecule has 2 aliphatic rings. The molecule has 5 heterocycles. The van der Waals surface area contributed by atoms with Crippen molar-refractivity contribution in [3.8, 4) is 17.1 Å². The monoisotopic (exact) mass is 769 g/mol. The number of imidazole rings is 2. The van der Waals surface area contributed by atoms with Crippen LogP contribution in [0.2, 0.25) is 5.02 Å². The van der Waals surface area contributed by atoms with Crippen molar-refractivity contribution < 1.29 is 22.7 Å². The first-order chi connectivity index (χ1) is 26.6. The topological polar surface area (TPSA) is 124 Å². The van der Waals surface area contributed by atoms with Crippen molar-refractivity contribution >= 4 is 34.2 Å². The second kappa shape index (κ2) is 15.4. The average molecular weight is 770 g/mol. The van der Waals surface area contributed by atoms with Crippen molar-refractivity contribution in [2.24, 2.45) is 11.8 Å². The number of nitrogens with zero attached hydrogens (tertiary/aromatic N) is 6. The van der Waals surface area contributed by atoms with E-state index >= 15 is 13.2 Å². The van der Waals surface area contributed by atoms with E-state index in [2.05, 4.69) is 31.1 Å². The van der Waals surface area contributed by atoms with Gasteiger partial charge in [0.15, 0.2) is 0 Å². The number of hydrogen-bond donors (Lipinski definition) is 3. The summed E-state index contributed by atoms with van der Waals surface area (Å²) in [5.74, 6) is -1.53. The van der Waals surface area contributed by atoms with E-state index in [0.29, 0.717) is 58.5 Å². The number of aromatic nitrogens is 6. The molecule has 8 rings (SSSR count). The van der Waals surface area contributed by atoms with Crippen molar-refractivity contribution in [3.63, 3.8) is 0 Å². The number of ether oxygens (including phenoxy) is 1. The number of alkyl halides is 1. The van der Waals surface area contributed by atoms with E-state index in [9.17, 15) is 4.79 Å². The van der Waals surface area contributed by atoms with E-state index in [1.807, 2.05) is 29.0 Å². The van der Waals surface area contributed by atoms with Crippen molar-refractivity contribution in [1.82, 2.24) is 39.9 Å². The molecule has 1 aliphatic carbocycles. The molecule has 55 heavy (non-hydrogen) atoms. The summed E-state index contributed by atoms with van der Waals surface area (Å²) in [6.45, 7) is 5.16. The number of pyridine rings is 2. The van der Waals surface area contributed by atoms with Gasteiger partial charge in [0.25, 0.3) is 0 Å². The van der Waals surface area contributed by atoms with Crippen LogP contribution in [0.3, 0.4) is 0 Å². The van der Waals surface area contributed by atoms with Crippen LogP contribution in [0.1, 0.15) is 49.5 Å². The maximum absolute atomic E-state index is 15.9. The molecule has 5 atom stereocenters. The van der Waals surface area contributed by atoms with Crippen LogP contribution in [-0.4, -0.2) is 53.2 Å². The fourth-order valence-corrected chi connectivity index (χ4v) is 7.74. The number of halogens is 4. The molecule has 6 aromatic rings. The molecule has 0 spiro atoms. The smallest absolute Gasteiger partial charge is 0.227 e. The molecule has 1 amide bonds. The van der Waals surface area contributed by atoms with Crippen LogP contribution in [0.25, 0.3) is 22.3 Å². The summed E-state index contributed by atoms with van der Waals surface area (Å²) < 4.78 is 56.6. The number of rotatable bonds is 11. The van der Waals surface area contributed by atoms with Crippen LogP contribution in [0.15, 0.2) is 79.4 Å². The Morgan fingerprint density at radius 2 is 1.87 bits per heavy atom. The third-order valence-corrected chi connectivity index (χ3v) is 10.8. The quantitative estimate of drug-likeness (QED) is 0.129. The molecule has 3 N–H and O–H groups in total. The van der Waals surface area contributed by atoms with Gasteiger partial charge in [-0.1, -0.05) is 17.7 Å². The molecule has 4 aromatic heterocycles. The number of carbonyl (C=O) groups excluding carboxylic acids is 1. The van der Waals surface area contributed by atoms with Gasteiger partial charge in [-0.15, -0.1) is 0 Å². The summed E-state index contributed by atoms with van der Waals surface area (Å²) in [7, 11) is 0. The predicted octanol–water partition coefficient (Wildman–Crippen LogP) is 7.03. The summed E-state index contributed by atoms with van der Waals surface area (Å²) >= 11 is 5.92. The molecule has 2 fully saturated rings. The molecule has 0 radical (unpaired) electrons. The van der Waals surface area contributed by atoms with Crippen LogP contribution >= 0.6 is 11.6 Å². The second-order valence-electron chi connectivity index (χ2n) is 14.1. The lowest BCUT2D eigenvalue weighted by atomic mass is 9.75. The van der Waals surface area contributed by atoms with E-state index in [-0.39, 0.29) is 60.4 Å². The molecule has 2 aromatic carbocycles. The van der Waals surface area contributed by atoms with Crippen LogP contribution in [-0.2, 0) is 30.9 Å². The van der Waals surface area contributed by atoms with Crippen molar-refractivity contribution in [3.05, 3.63) is 119 Å². The highest BCUT2D eigenvalue weighted by Gasteiger charge is 2.46. The third kappa shape index (κ3) is 7.66. The van der Waals surface area contributed by atoms with Gasteiger partial charge in [0.2, 0.25) is 11.8 Å². The van der Waals surface area contributed by atoms with E-state index in [0.717, 1.165) is 5.69 Å². The van der Waals surface area contributed by atoms with Crippen LogP contribution in [0.5, 0.6) is 5.88 Å². The Hall–Kier alpha value is -5.31. The van der Waals surface area contributed by atoms with Gasteiger partial charge >= 0.3 is 0 Å². The molecule has 5 unspecified atom stereocenters. The highest BCUT2D eigenvalue weighted by Crippen LogP contribution is 2.37. The number of hydrogen-bond acceptors (Lipinski definition) is 8. The molecule has 1 aliphatic heterocycles. The number of nitrogens with one attached hydrogen (secondary N) is 3. The first kappa shape index (κ1) is 36.7. The minimum Gasteiger partial charge on any atom is -0.471 e. The van der Waals surface area contributed by atoms with Crippen LogP contribution < -0.4 is 20.9 Å². The average Bonchev–Trinajstić information content (AvgIpc) is 3.89. The number of fused-ring (bicyclic) bond motifs is 2. The third-order valence-electron chi connectivity index (χ3n) is 10.6. The molecule has 284 valence electrons.